The lowest BCUT2D eigenvalue weighted by Gasteiger charge is -2.32. The second-order valence-electron chi connectivity index (χ2n) is 6.91. The Kier molecular flexibility index (Phi) is 9.35. The Hall–Kier alpha value is -2.60. The van der Waals surface area contributed by atoms with Crippen LogP contribution in [0, 0.1) is 6.92 Å². The molecule has 1 heterocycles. The molecular formula is C22H30N2O8. The normalized spacial score (nSPS) is 12.2. The van der Waals surface area contributed by atoms with Crippen molar-refractivity contribution in [3.05, 3.63) is 35.9 Å². The van der Waals surface area contributed by atoms with Crippen molar-refractivity contribution >= 4 is 22.7 Å². The molecule has 2 aromatic carbocycles. The summed E-state index contributed by atoms with van der Waals surface area (Å²) in [6, 6.07) is 10.0. The van der Waals surface area contributed by atoms with Gasteiger partial charge in [-0.3, -0.25) is 0 Å². The number of aryl methyl sites for hydroxylation is 1. The molecule has 0 spiro atoms. The number of ether oxygens (including phenoxy) is 8. The van der Waals surface area contributed by atoms with E-state index in [1.54, 1.807) is 14.2 Å². The fraction of sp³-hybridized carbons (Fsp3) is 0.455. The van der Waals surface area contributed by atoms with Gasteiger partial charge in [0.25, 0.3) is 0 Å². The molecule has 10 heteroatoms. The molecule has 0 aliphatic carbocycles. The van der Waals surface area contributed by atoms with Gasteiger partial charge in [-0.1, -0.05) is 6.07 Å². The number of anilines is 4. The zero-order chi connectivity index (χ0) is 22.8. The molecule has 2 aromatic rings. The van der Waals surface area contributed by atoms with Crippen molar-refractivity contribution in [1.82, 2.24) is 0 Å². The molecule has 1 aliphatic rings. The standard InChI is InChI=1S/C22H30N2O8/c1-16-5-6-17-19(7-16)24(2)20-9-22(32-15-30-13-28-11-26-4)21(8-18(20)23-17)31-14-29-12-27-10-25-3/h5-9,23H,10-15H2,1-4H3. The van der Waals surface area contributed by atoms with Crippen LogP contribution >= 0.6 is 0 Å². The second kappa shape index (κ2) is 12.4. The molecule has 0 saturated carbocycles. The maximum absolute atomic E-state index is 5.81. The minimum absolute atomic E-state index is 0.0243. The van der Waals surface area contributed by atoms with Gasteiger partial charge in [-0.25, -0.2) is 0 Å². The van der Waals surface area contributed by atoms with Gasteiger partial charge in [-0.2, -0.15) is 0 Å². The van der Waals surface area contributed by atoms with Crippen molar-refractivity contribution in [2.24, 2.45) is 0 Å². The average Bonchev–Trinajstić information content (AvgIpc) is 2.79. The molecule has 0 atom stereocenters. The molecular weight excluding hydrogens is 420 g/mol. The van der Waals surface area contributed by atoms with Gasteiger partial charge in [0.15, 0.2) is 38.7 Å². The molecule has 0 saturated heterocycles. The van der Waals surface area contributed by atoms with E-state index in [0.717, 1.165) is 22.7 Å². The Morgan fingerprint density at radius 1 is 0.688 bits per heavy atom. The number of rotatable bonds is 14. The fourth-order valence-electron chi connectivity index (χ4n) is 3.08. The third-order valence-electron chi connectivity index (χ3n) is 4.54. The van der Waals surface area contributed by atoms with Gasteiger partial charge >= 0.3 is 0 Å². The minimum Gasteiger partial charge on any atom is -0.463 e. The van der Waals surface area contributed by atoms with Crippen molar-refractivity contribution in [3.63, 3.8) is 0 Å². The largest absolute Gasteiger partial charge is 0.463 e. The molecule has 0 amide bonds. The van der Waals surface area contributed by atoms with Crippen LogP contribution < -0.4 is 19.7 Å². The van der Waals surface area contributed by atoms with E-state index in [9.17, 15) is 0 Å². The SMILES string of the molecule is COCOCOCOc1cc2c(cc1OCOCOCOC)N(C)c1cc(C)ccc1N2. The number of hydrogen-bond donors (Lipinski definition) is 1. The highest BCUT2D eigenvalue weighted by molar-refractivity contribution is 5.93. The van der Waals surface area contributed by atoms with E-state index in [4.69, 9.17) is 37.9 Å². The summed E-state index contributed by atoms with van der Waals surface area (Å²) in [5.74, 6) is 0.995. The second-order valence-corrected chi connectivity index (χ2v) is 6.91. The summed E-state index contributed by atoms with van der Waals surface area (Å²) in [6.07, 6.45) is 0. The Labute approximate surface area is 187 Å². The van der Waals surface area contributed by atoms with E-state index >= 15 is 0 Å². The predicted octanol–water partition coefficient (Wildman–Crippen LogP) is 3.68. The lowest BCUT2D eigenvalue weighted by Crippen LogP contribution is -2.18. The first-order chi connectivity index (χ1) is 15.6. The summed E-state index contributed by atoms with van der Waals surface area (Å²) in [5.41, 5.74) is 5.07. The van der Waals surface area contributed by atoms with E-state index in [1.807, 2.05) is 19.2 Å². The molecule has 0 bridgehead atoms. The molecule has 0 aromatic heterocycles. The van der Waals surface area contributed by atoms with Gasteiger partial charge in [0.2, 0.25) is 0 Å². The molecule has 10 nitrogen and oxygen atoms in total. The third kappa shape index (κ3) is 6.45. The Balaban J connectivity index is 1.72. The van der Waals surface area contributed by atoms with Gasteiger partial charge in [0, 0.05) is 33.4 Å². The Bertz CT molecular complexity index is 864. The lowest BCUT2D eigenvalue weighted by molar-refractivity contribution is -0.148. The number of nitrogens with zero attached hydrogens (tertiary/aromatic N) is 1. The minimum atomic E-state index is -0.0255. The highest BCUT2D eigenvalue weighted by atomic mass is 16.8. The number of nitrogens with one attached hydrogen (secondary N) is 1. The summed E-state index contributed by atoms with van der Waals surface area (Å²) in [7, 11) is 5.09. The quantitative estimate of drug-likeness (QED) is 0.340. The summed E-state index contributed by atoms with van der Waals surface area (Å²) < 4.78 is 42.1. The summed E-state index contributed by atoms with van der Waals surface area (Å²) in [5, 5.41) is 3.45. The number of hydrogen-bond acceptors (Lipinski definition) is 10. The van der Waals surface area contributed by atoms with Gasteiger partial charge in [-0.15, -0.1) is 0 Å². The molecule has 176 valence electrons. The maximum Gasteiger partial charge on any atom is 0.191 e. The predicted molar refractivity (Wildman–Crippen MR) is 118 cm³/mol. The number of methoxy groups -OCH3 is 2. The smallest absolute Gasteiger partial charge is 0.191 e. The highest BCUT2D eigenvalue weighted by Gasteiger charge is 2.23. The monoisotopic (exact) mass is 450 g/mol. The van der Waals surface area contributed by atoms with E-state index in [-0.39, 0.29) is 40.8 Å². The van der Waals surface area contributed by atoms with Gasteiger partial charge in [-0.05, 0) is 24.6 Å². The van der Waals surface area contributed by atoms with E-state index in [0.29, 0.717) is 11.5 Å². The fourth-order valence-corrected chi connectivity index (χ4v) is 3.08. The maximum atomic E-state index is 5.81. The molecule has 0 radical (unpaired) electrons. The van der Waals surface area contributed by atoms with Crippen LogP contribution in [0.3, 0.4) is 0 Å². The first-order valence-corrected chi connectivity index (χ1v) is 9.98. The zero-order valence-electron chi connectivity index (χ0n) is 18.8. The third-order valence-corrected chi connectivity index (χ3v) is 4.54. The van der Waals surface area contributed by atoms with Crippen LogP contribution in [0.4, 0.5) is 22.7 Å². The zero-order valence-corrected chi connectivity index (χ0v) is 18.8. The van der Waals surface area contributed by atoms with Crippen LogP contribution in [0.2, 0.25) is 0 Å². The first-order valence-electron chi connectivity index (χ1n) is 9.98. The summed E-state index contributed by atoms with van der Waals surface area (Å²) in [4.78, 5) is 2.10. The topological polar surface area (TPSA) is 89.1 Å². The average molecular weight is 450 g/mol. The van der Waals surface area contributed by atoms with Crippen molar-refractivity contribution in [3.8, 4) is 11.5 Å². The first kappa shape index (κ1) is 24.1. The molecule has 32 heavy (non-hydrogen) atoms. The van der Waals surface area contributed by atoms with Gasteiger partial charge < -0.3 is 48.1 Å². The van der Waals surface area contributed by atoms with Crippen molar-refractivity contribution in [2.45, 2.75) is 6.92 Å². The summed E-state index contributed by atoms with van der Waals surface area (Å²) in [6.45, 7) is 2.39. The molecule has 3 rings (SSSR count). The van der Waals surface area contributed by atoms with E-state index in [2.05, 4.69) is 35.3 Å². The number of benzene rings is 2. The van der Waals surface area contributed by atoms with Crippen molar-refractivity contribution in [2.75, 3.05) is 72.2 Å². The molecule has 0 unspecified atom stereocenters. The van der Waals surface area contributed by atoms with Crippen LogP contribution in [-0.4, -0.2) is 62.0 Å². The summed E-state index contributed by atoms with van der Waals surface area (Å²) >= 11 is 0. The van der Waals surface area contributed by atoms with Crippen molar-refractivity contribution < 1.29 is 37.9 Å². The van der Waals surface area contributed by atoms with Crippen LogP contribution in [0.5, 0.6) is 11.5 Å². The van der Waals surface area contributed by atoms with E-state index in [1.165, 1.54) is 5.56 Å². The number of fused-ring (bicyclic) bond motifs is 2. The molecule has 1 aliphatic heterocycles. The lowest BCUT2D eigenvalue weighted by atomic mass is 10.1. The van der Waals surface area contributed by atoms with Crippen molar-refractivity contribution in [1.29, 1.82) is 0 Å². The van der Waals surface area contributed by atoms with Crippen LogP contribution in [0.1, 0.15) is 5.56 Å². The molecule has 0 fully saturated rings. The highest BCUT2D eigenvalue weighted by Crippen LogP contribution is 2.47. The van der Waals surface area contributed by atoms with Crippen LogP contribution in [0.25, 0.3) is 0 Å². The van der Waals surface area contributed by atoms with Crippen LogP contribution in [0.15, 0.2) is 30.3 Å². The van der Waals surface area contributed by atoms with Gasteiger partial charge in [0.1, 0.15) is 13.6 Å². The Morgan fingerprint density at radius 2 is 1.25 bits per heavy atom. The van der Waals surface area contributed by atoms with Crippen LogP contribution in [-0.2, 0) is 28.4 Å². The Morgan fingerprint density at radius 3 is 1.88 bits per heavy atom. The van der Waals surface area contributed by atoms with E-state index < -0.39 is 0 Å². The van der Waals surface area contributed by atoms with Gasteiger partial charge in [0.05, 0.1) is 22.7 Å². The molecule has 1 N–H and O–H groups in total.